The SMILES string of the molecule is CCn1ccnc1CC(O)CNC(C)C. The van der Waals surface area contributed by atoms with Crippen molar-refractivity contribution >= 4 is 0 Å². The number of nitrogens with one attached hydrogen (secondary N) is 1. The van der Waals surface area contributed by atoms with Crippen LogP contribution in [0.2, 0.25) is 0 Å². The van der Waals surface area contributed by atoms with Crippen molar-refractivity contribution in [1.82, 2.24) is 14.9 Å². The van der Waals surface area contributed by atoms with Gasteiger partial charge in [0, 0.05) is 37.9 Å². The molecule has 15 heavy (non-hydrogen) atoms. The maximum atomic E-state index is 9.77. The normalized spacial score (nSPS) is 13.4. The predicted molar refractivity (Wildman–Crippen MR) is 60.8 cm³/mol. The van der Waals surface area contributed by atoms with Crippen LogP contribution in [-0.2, 0) is 13.0 Å². The van der Waals surface area contributed by atoms with E-state index in [4.69, 9.17) is 0 Å². The summed E-state index contributed by atoms with van der Waals surface area (Å²) in [5.41, 5.74) is 0. The highest BCUT2D eigenvalue weighted by Crippen LogP contribution is 2.01. The lowest BCUT2D eigenvalue weighted by Gasteiger charge is -2.14. The van der Waals surface area contributed by atoms with E-state index in [1.807, 2.05) is 6.20 Å². The minimum Gasteiger partial charge on any atom is -0.391 e. The second-order valence-corrected chi connectivity index (χ2v) is 4.05. The quantitative estimate of drug-likeness (QED) is 0.732. The molecule has 0 fully saturated rings. The monoisotopic (exact) mass is 211 g/mol. The summed E-state index contributed by atoms with van der Waals surface area (Å²) in [4.78, 5) is 4.23. The summed E-state index contributed by atoms with van der Waals surface area (Å²) in [5, 5.41) is 13.0. The minimum atomic E-state index is -0.361. The summed E-state index contributed by atoms with van der Waals surface area (Å²) in [7, 11) is 0. The predicted octanol–water partition coefficient (Wildman–Crippen LogP) is 0.804. The smallest absolute Gasteiger partial charge is 0.111 e. The fraction of sp³-hybridized carbons (Fsp3) is 0.727. The molecule has 2 N–H and O–H groups in total. The third-order valence-corrected chi connectivity index (χ3v) is 2.32. The van der Waals surface area contributed by atoms with E-state index < -0.39 is 0 Å². The molecule has 1 aromatic rings. The van der Waals surface area contributed by atoms with Crippen LogP contribution >= 0.6 is 0 Å². The Morgan fingerprint density at radius 2 is 2.27 bits per heavy atom. The summed E-state index contributed by atoms with van der Waals surface area (Å²) in [6.45, 7) is 7.73. The molecule has 86 valence electrons. The summed E-state index contributed by atoms with van der Waals surface area (Å²) >= 11 is 0. The Morgan fingerprint density at radius 1 is 1.53 bits per heavy atom. The van der Waals surface area contributed by atoms with Gasteiger partial charge in [0.05, 0.1) is 6.10 Å². The molecule has 0 bridgehead atoms. The van der Waals surface area contributed by atoms with E-state index in [1.165, 1.54) is 0 Å². The number of aliphatic hydroxyl groups excluding tert-OH is 1. The zero-order valence-corrected chi connectivity index (χ0v) is 9.77. The number of hydrogen-bond donors (Lipinski definition) is 2. The zero-order valence-electron chi connectivity index (χ0n) is 9.77. The van der Waals surface area contributed by atoms with E-state index in [2.05, 4.69) is 35.6 Å². The van der Waals surface area contributed by atoms with Gasteiger partial charge in [-0.3, -0.25) is 0 Å². The van der Waals surface area contributed by atoms with Crippen LogP contribution < -0.4 is 5.32 Å². The highest BCUT2D eigenvalue weighted by atomic mass is 16.3. The van der Waals surface area contributed by atoms with E-state index >= 15 is 0 Å². The van der Waals surface area contributed by atoms with Crippen LogP contribution in [0.5, 0.6) is 0 Å². The molecule has 0 radical (unpaired) electrons. The molecule has 1 rings (SSSR count). The largest absolute Gasteiger partial charge is 0.391 e. The maximum absolute atomic E-state index is 9.77. The van der Waals surface area contributed by atoms with Crippen LogP contribution in [0.25, 0.3) is 0 Å². The van der Waals surface area contributed by atoms with Crippen LogP contribution in [0.3, 0.4) is 0 Å². The molecule has 0 aliphatic heterocycles. The molecule has 0 saturated heterocycles. The Bertz CT molecular complexity index is 283. The first kappa shape index (κ1) is 12.2. The lowest BCUT2D eigenvalue weighted by Crippen LogP contribution is -2.33. The van der Waals surface area contributed by atoms with Crippen LogP contribution in [0, 0.1) is 0 Å². The van der Waals surface area contributed by atoms with Gasteiger partial charge in [-0.2, -0.15) is 0 Å². The van der Waals surface area contributed by atoms with Gasteiger partial charge in [-0.05, 0) is 6.92 Å². The number of nitrogens with zero attached hydrogens (tertiary/aromatic N) is 2. The van der Waals surface area contributed by atoms with Gasteiger partial charge < -0.3 is 15.0 Å². The van der Waals surface area contributed by atoms with Crippen molar-refractivity contribution in [3.63, 3.8) is 0 Å². The molecule has 0 aromatic carbocycles. The first-order chi connectivity index (χ1) is 7.13. The summed E-state index contributed by atoms with van der Waals surface area (Å²) in [6, 6.07) is 0.408. The van der Waals surface area contributed by atoms with Gasteiger partial charge in [0.1, 0.15) is 5.82 Å². The fourth-order valence-corrected chi connectivity index (χ4v) is 1.47. The Kier molecular flexibility index (Phi) is 4.78. The van der Waals surface area contributed by atoms with Gasteiger partial charge in [0.15, 0.2) is 0 Å². The lowest BCUT2D eigenvalue weighted by atomic mass is 10.2. The van der Waals surface area contributed by atoms with Gasteiger partial charge in [-0.25, -0.2) is 4.98 Å². The fourth-order valence-electron chi connectivity index (χ4n) is 1.47. The van der Waals surface area contributed by atoms with Crippen molar-refractivity contribution in [2.75, 3.05) is 6.54 Å². The number of hydrogen-bond acceptors (Lipinski definition) is 3. The van der Waals surface area contributed by atoms with Gasteiger partial charge in [-0.1, -0.05) is 13.8 Å². The van der Waals surface area contributed by atoms with Crippen LogP contribution in [0.15, 0.2) is 12.4 Å². The molecule has 0 aliphatic rings. The highest BCUT2D eigenvalue weighted by Gasteiger charge is 2.09. The van der Waals surface area contributed by atoms with E-state index in [9.17, 15) is 5.11 Å². The molecule has 4 nitrogen and oxygen atoms in total. The Balaban J connectivity index is 2.40. The average molecular weight is 211 g/mol. The Hall–Kier alpha value is -0.870. The lowest BCUT2D eigenvalue weighted by molar-refractivity contribution is 0.165. The Labute approximate surface area is 91.3 Å². The molecular formula is C11H21N3O. The van der Waals surface area contributed by atoms with Crippen molar-refractivity contribution in [1.29, 1.82) is 0 Å². The second kappa shape index (κ2) is 5.88. The van der Waals surface area contributed by atoms with Crippen molar-refractivity contribution in [2.24, 2.45) is 0 Å². The molecule has 4 heteroatoms. The number of aliphatic hydroxyl groups is 1. The van der Waals surface area contributed by atoms with E-state index in [0.717, 1.165) is 12.4 Å². The minimum absolute atomic E-state index is 0.361. The van der Waals surface area contributed by atoms with Crippen LogP contribution in [0.4, 0.5) is 0 Å². The molecule has 0 saturated carbocycles. The molecular weight excluding hydrogens is 190 g/mol. The molecule has 1 atom stereocenters. The first-order valence-corrected chi connectivity index (χ1v) is 5.55. The van der Waals surface area contributed by atoms with Gasteiger partial charge >= 0.3 is 0 Å². The second-order valence-electron chi connectivity index (χ2n) is 4.05. The number of rotatable bonds is 6. The average Bonchev–Trinajstić information content (AvgIpc) is 2.62. The van der Waals surface area contributed by atoms with E-state index in [-0.39, 0.29) is 6.10 Å². The highest BCUT2D eigenvalue weighted by molar-refractivity contribution is 4.94. The standard InChI is InChI=1S/C11H21N3O/c1-4-14-6-5-12-11(14)7-10(15)8-13-9(2)3/h5-6,9-10,13,15H,4,7-8H2,1-3H3. The number of imidazole rings is 1. The van der Waals surface area contributed by atoms with Crippen molar-refractivity contribution in [2.45, 2.75) is 45.9 Å². The van der Waals surface area contributed by atoms with Crippen LogP contribution in [-0.4, -0.2) is 33.3 Å². The van der Waals surface area contributed by atoms with Gasteiger partial charge in [0.2, 0.25) is 0 Å². The van der Waals surface area contributed by atoms with E-state index in [0.29, 0.717) is 19.0 Å². The molecule has 0 aliphatic carbocycles. The Morgan fingerprint density at radius 3 is 2.87 bits per heavy atom. The molecule has 1 heterocycles. The van der Waals surface area contributed by atoms with E-state index in [1.54, 1.807) is 6.20 Å². The molecule has 0 amide bonds. The molecule has 1 aromatic heterocycles. The molecule has 0 spiro atoms. The molecule has 1 unspecified atom stereocenters. The van der Waals surface area contributed by atoms with Crippen molar-refractivity contribution in [3.8, 4) is 0 Å². The summed E-state index contributed by atoms with van der Waals surface area (Å²) in [6.07, 6.45) is 3.97. The summed E-state index contributed by atoms with van der Waals surface area (Å²) < 4.78 is 2.05. The van der Waals surface area contributed by atoms with Crippen molar-refractivity contribution < 1.29 is 5.11 Å². The summed E-state index contributed by atoms with van der Waals surface area (Å²) in [5.74, 6) is 0.954. The number of aryl methyl sites for hydroxylation is 1. The first-order valence-electron chi connectivity index (χ1n) is 5.55. The third kappa shape index (κ3) is 4.01. The van der Waals surface area contributed by atoms with Gasteiger partial charge in [-0.15, -0.1) is 0 Å². The van der Waals surface area contributed by atoms with Crippen LogP contribution in [0.1, 0.15) is 26.6 Å². The maximum Gasteiger partial charge on any atom is 0.111 e. The topological polar surface area (TPSA) is 50.1 Å². The zero-order chi connectivity index (χ0) is 11.3. The number of aromatic nitrogens is 2. The van der Waals surface area contributed by atoms with Gasteiger partial charge in [0.25, 0.3) is 0 Å². The third-order valence-electron chi connectivity index (χ3n) is 2.32. The van der Waals surface area contributed by atoms with Crippen molar-refractivity contribution in [3.05, 3.63) is 18.2 Å².